The van der Waals surface area contributed by atoms with E-state index in [9.17, 15) is 0 Å². The maximum Gasteiger partial charge on any atom is 0.0716 e. The minimum atomic E-state index is -0.0153. The highest BCUT2D eigenvalue weighted by Crippen LogP contribution is 2.46. The van der Waals surface area contributed by atoms with E-state index in [2.05, 4.69) is 218 Å². The minimum Gasteiger partial charge on any atom is -0.248 e. The Morgan fingerprint density at radius 2 is 0.645 bits per heavy atom. The van der Waals surface area contributed by atoms with Gasteiger partial charge in [0.05, 0.1) is 22.4 Å². The number of pyridine rings is 2. The van der Waals surface area contributed by atoms with Gasteiger partial charge < -0.3 is 0 Å². The molecule has 0 unspecified atom stereocenters. The number of benzene rings is 8. The van der Waals surface area contributed by atoms with Crippen molar-refractivity contribution in [3.8, 4) is 67.0 Å². The molecule has 0 bridgehead atoms. The molecule has 2 heterocycles. The Labute approximate surface area is 364 Å². The zero-order chi connectivity index (χ0) is 41.3. The van der Waals surface area contributed by atoms with Crippen LogP contribution >= 0.6 is 0 Å². The fourth-order valence-electron chi connectivity index (χ4n) is 9.90. The average molecular weight is 795 g/mol. The van der Waals surface area contributed by atoms with E-state index >= 15 is 0 Å². The molecule has 2 heteroatoms. The molecule has 1 aliphatic carbocycles. The Balaban J connectivity index is 0.927. The van der Waals surface area contributed by atoms with E-state index in [0.29, 0.717) is 0 Å². The lowest BCUT2D eigenvalue weighted by Gasteiger charge is -2.39. The van der Waals surface area contributed by atoms with Crippen LogP contribution in [0.5, 0.6) is 0 Å². The lowest BCUT2D eigenvalue weighted by molar-refractivity contribution is 0.346. The van der Waals surface area contributed by atoms with Crippen molar-refractivity contribution in [1.29, 1.82) is 0 Å². The molecule has 1 saturated carbocycles. The Kier molecular flexibility index (Phi) is 9.83. The van der Waals surface area contributed by atoms with Crippen molar-refractivity contribution in [3.63, 3.8) is 0 Å². The first kappa shape index (κ1) is 37.6. The van der Waals surface area contributed by atoms with E-state index < -0.39 is 0 Å². The molecule has 0 aliphatic heterocycles. The summed E-state index contributed by atoms with van der Waals surface area (Å²) in [6.07, 6.45) is 6.07. The second-order valence-electron chi connectivity index (χ2n) is 16.8. The van der Waals surface area contributed by atoms with Crippen LogP contribution in [0, 0.1) is 0 Å². The number of aromatic nitrogens is 2. The van der Waals surface area contributed by atoms with Gasteiger partial charge in [-0.05, 0) is 105 Å². The van der Waals surface area contributed by atoms with Gasteiger partial charge in [-0.15, -0.1) is 0 Å². The van der Waals surface area contributed by atoms with Crippen LogP contribution in [0.15, 0.2) is 218 Å². The highest BCUT2D eigenvalue weighted by atomic mass is 14.7. The molecule has 0 amide bonds. The first-order chi connectivity index (χ1) is 30.7. The SMILES string of the molecule is c1ccc(-c2cc(-c3ccccc3)c3cc(-c4ccc(C5(c6ccc(-c7ccc8nc(-c9ccccc9)cc(-c9ccccc9)c8c7)cc6)CCCCC5)cc4)ccc3n2)cc1. The molecule has 8 aromatic carbocycles. The van der Waals surface area contributed by atoms with E-state index in [1.54, 1.807) is 0 Å². The van der Waals surface area contributed by atoms with Crippen LogP contribution in [0.3, 0.4) is 0 Å². The molecule has 1 fully saturated rings. The highest BCUT2D eigenvalue weighted by Gasteiger charge is 2.35. The Morgan fingerprint density at radius 1 is 0.290 bits per heavy atom. The van der Waals surface area contributed by atoms with Crippen molar-refractivity contribution in [2.24, 2.45) is 0 Å². The molecule has 0 spiro atoms. The first-order valence-corrected chi connectivity index (χ1v) is 22.0. The number of fused-ring (bicyclic) bond motifs is 2. The van der Waals surface area contributed by atoms with Gasteiger partial charge >= 0.3 is 0 Å². The maximum absolute atomic E-state index is 5.15. The Bertz CT molecular complexity index is 2940. The number of hydrogen-bond acceptors (Lipinski definition) is 2. The molecule has 0 saturated heterocycles. The normalized spacial score (nSPS) is 13.6. The van der Waals surface area contributed by atoms with Gasteiger partial charge in [-0.25, -0.2) is 9.97 Å². The van der Waals surface area contributed by atoms with E-state index in [0.717, 1.165) is 57.2 Å². The summed E-state index contributed by atoms with van der Waals surface area (Å²) in [7, 11) is 0. The molecule has 0 radical (unpaired) electrons. The van der Waals surface area contributed by atoms with Gasteiger partial charge in [-0.3, -0.25) is 0 Å². The van der Waals surface area contributed by atoms with Gasteiger partial charge in [0.25, 0.3) is 0 Å². The molecular formula is C60H46N2. The van der Waals surface area contributed by atoms with Crippen LogP contribution in [-0.4, -0.2) is 9.97 Å². The third kappa shape index (κ3) is 7.08. The Hall–Kier alpha value is -7.42. The zero-order valence-electron chi connectivity index (χ0n) is 34.7. The van der Waals surface area contributed by atoms with Gasteiger partial charge in [-0.2, -0.15) is 0 Å². The van der Waals surface area contributed by atoms with Crippen LogP contribution in [0.4, 0.5) is 0 Å². The summed E-state index contributed by atoms with van der Waals surface area (Å²) in [5, 5.41) is 2.33. The second-order valence-corrected chi connectivity index (χ2v) is 16.8. The second kappa shape index (κ2) is 16.2. The summed E-state index contributed by atoms with van der Waals surface area (Å²) >= 11 is 0. The van der Waals surface area contributed by atoms with Crippen LogP contribution in [0.1, 0.15) is 43.2 Å². The molecule has 11 rings (SSSR count). The van der Waals surface area contributed by atoms with Crippen molar-refractivity contribution in [2.45, 2.75) is 37.5 Å². The van der Waals surface area contributed by atoms with Crippen molar-refractivity contribution < 1.29 is 0 Å². The van der Waals surface area contributed by atoms with Crippen LogP contribution in [0.25, 0.3) is 88.8 Å². The van der Waals surface area contributed by atoms with Crippen LogP contribution < -0.4 is 0 Å². The lowest BCUT2D eigenvalue weighted by Crippen LogP contribution is -2.30. The summed E-state index contributed by atoms with van der Waals surface area (Å²) in [5.74, 6) is 0. The van der Waals surface area contributed by atoms with E-state index in [1.807, 2.05) is 0 Å². The molecule has 2 nitrogen and oxygen atoms in total. The first-order valence-electron chi connectivity index (χ1n) is 22.0. The molecule has 10 aromatic rings. The molecule has 296 valence electrons. The number of hydrogen-bond donors (Lipinski definition) is 0. The minimum absolute atomic E-state index is 0.0153. The van der Waals surface area contributed by atoms with Gasteiger partial charge in [-0.1, -0.05) is 201 Å². The average Bonchev–Trinajstić information content (AvgIpc) is 3.36. The fraction of sp³-hybridized carbons (Fsp3) is 0.100. The van der Waals surface area contributed by atoms with Crippen LogP contribution in [0.2, 0.25) is 0 Å². The summed E-state index contributed by atoms with van der Waals surface area (Å²) in [6.45, 7) is 0. The number of nitrogens with zero attached hydrogens (tertiary/aromatic N) is 2. The molecule has 1 aliphatic rings. The standard InChI is InChI=1S/C60H46N2/c1-6-16-44(17-7-1)52-40-58(46-20-10-3-11-21-46)61-56-34-28-48(38-54(52)56)42-24-30-50(31-25-42)60(36-14-5-15-37-60)51-32-26-43(27-33-51)49-29-35-57-55(39-49)53(45-18-8-2-9-19-45)41-59(62-57)47-22-12-4-13-23-47/h1-4,6-13,16-35,38-41H,5,14-15,36-37H2. The summed E-state index contributed by atoms with van der Waals surface area (Å²) < 4.78 is 0. The van der Waals surface area contributed by atoms with Crippen molar-refractivity contribution in [1.82, 2.24) is 9.97 Å². The van der Waals surface area contributed by atoms with Crippen molar-refractivity contribution in [3.05, 3.63) is 230 Å². The van der Waals surface area contributed by atoms with Crippen molar-refractivity contribution in [2.75, 3.05) is 0 Å². The smallest absolute Gasteiger partial charge is 0.0716 e. The zero-order valence-corrected chi connectivity index (χ0v) is 34.7. The van der Waals surface area contributed by atoms with Gasteiger partial charge in [0.2, 0.25) is 0 Å². The topological polar surface area (TPSA) is 25.8 Å². The maximum atomic E-state index is 5.15. The third-order valence-electron chi connectivity index (χ3n) is 13.2. The quantitative estimate of drug-likeness (QED) is 0.153. The summed E-state index contributed by atoms with van der Waals surface area (Å²) in [4.78, 5) is 10.3. The summed E-state index contributed by atoms with van der Waals surface area (Å²) in [6, 6.07) is 79.4. The van der Waals surface area contributed by atoms with E-state index in [1.165, 1.54) is 74.9 Å². The highest BCUT2D eigenvalue weighted by molar-refractivity contribution is 6.00. The largest absolute Gasteiger partial charge is 0.248 e. The van der Waals surface area contributed by atoms with Crippen LogP contribution in [-0.2, 0) is 5.41 Å². The third-order valence-corrected chi connectivity index (χ3v) is 13.2. The monoisotopic (exact) mass is 794 g/mol. The molecular weight excluding hydrogens is 749 g/mol. The van der Waals surface area contributed by atoms with Gasteiger partial charge in [0, 0.05) is 27.3 Å². The van der Waals surface area contributed by atoms with E-state index in [4.69, 9.17) is 9.97 Å². The van der Waals surface area contributed by atoms with Crippen molar-refractivity contribution >= 4 is 21.8 Å². The molecule has 0 N–H and O–H groups in total. The van der Waals surface area contributed by atoms with Gasteiger partial charge in [0.15, 0.2) is 0 Å². The molecule has 2 aromatic heterocycles. The molecule has 0 atom stereocenters. The molecule has 62 heavy (non-hydrogen) atoms. The van der Waals surface area contributed by atoms with Gasteiger partial charge in [0.1, 0.15) is 0 Å². The summed E-state index contributed by atoms with van der Waals surface area (Å²) in [5.41, 5.74) is 18.7. The predicted octanol–water partition coefficient (Wildman–Crippen LogP) is 16.0. The predicted molar refractivity (Wildman–Crippen MR) is 260 cm³/mol. The van der Waals surface area contributed by atoms with E-state index in [-0.39, 0.29) is 5.41 Å². The fourth-order valence-corrected chi connectivity index (χ4v) is 9.90. The Morgan fingerprint density at radius 3 is 1.03 bits per heavy atom. The number of rotatable bonds is 8. The lowest BCUT2D eigenvalue weighted by atomic mass is 9.65.